The molecule has 180 valence electrons. The zero-order chi connectivity index (χ0) is 24.7. The Balaban J connectivity index is 1.91. The highest BCUT2D eigenvalue weighted by Gasteiger charge is 2.33. The lowest BCUT2D eigenvalue weighted by Crippen LogP contribution is -2.36. The zero-order valence-corrected chi connectivity index (χ0v) is 19.2. The molecule has 34 heavy (non-hydrogen) atoms. The van der Waals surface area contributed by atoms with Crippen molar-refractivity contribution in [2.24, 2.45) is 5.92 Å². The first-order chi connectivity index (χ1) is 16.3. The molecule has 2 heterocycles. The maximum atomic E-state index is 15.0. The number of ether oxygens (including phenoxy) is 3. The normalized spacial score (nSPS) is 15.3. The van der Waals surface area contributed by atoms with Gasteiger partial charge in [-0.15, -0.1) is 11.8 Å². The predicted octanol–water partition coefficient (Wildman–Crippen LogP) is 4.90. The van der Waals surface area contributed by atoms with Crippen molar-refractivity contribution in [3.05, 3.63) is 35.4 Å². The van der Waals surface area contributed by atoms with Crippen molar-refractivity contribution >= 4 is 17.6 Å². The van der Waals surface area contributed by atoms with Gasteiger partial charge in [0.15, 0.2) is 0 Å². The molecule has 0 saturated carbocycles. The molecular weight excluding hydrogens is 469 g/mol. The van der Waals surface area contributed by atoms with Crippen LogP contribution >= 0.6 is 11.8 Å². The van der Waals surface area contributed by atoms with Crippen molar-refractivity contribution in [1.29, 1.82) is 10.5 Å². The van der Waals surface area contributed by atoms with E-state index in [1.165, 1.54) is 23.9 Å². The van der Waals surface area contributed by atoms with Crippen LogP contribution in [0.3, 0.4) is 0 Å². The number of nitrogens with two attached hydrogens (primary N) is 1. The molecule has 2 N–H and O–H groups in total. The summed E-state index contributed by atoms with van der Waals surface area (Å²) in [5.74, 6) is -1.31. The Morgan fingerprint density at radius 2 is 1.91 bits per heavy atom. The lowest BCUT2D eigenvalue weighted by Gasteiger charge is -2.26. The van der Waals surface area contributed by atoms with E-state index in [-0.39, 0.29) is 29.1 Å². The summed E-state index contributed by atoms with van der Waals surface area (Å²) in [6, 6.07) is 10.1. The third-order valence-corrected chi connectivity index (χ3v) is 6.28. The monoisotopic (exact) mass is 492 g/mol. The molecule has 1 fully saturated rings. The largest absolute Gasteiger partial charge is 0.455 e. The quantitative estimate of drug-likeness (QED) is 0.441. The molecule has 0 radical (unpaired) electrons. The fourth-order valence-electron chi connectivity index (χ4n) is 3.38. The van der Waals surface area contributed by atoms with E-state index in [0.29, 0.717) is 47.5 Å². The van der Waals surface area contributed by atoms with E-state index >= 15 is 0 Å². The highest BCUT2D eigenvalue weighted by atomic mass is 32.2. The van der Waals surface area contributed by atoms with Crippen molar-refractivity contribution < 1.29 is 27.4 Å². The summed E-state index contributed by atoms with van der Waals surface area (Å²) in [4.78, 5) is 4.26. The smallest absolute Gasteiger partial charge is 0.345 e. The Hall–Kier alpha value is -2.99. The van der Waals surface area contributed by atoms with E-state index < -0.39 is 19.1 Å². The number of hydrogen-bond acceptors (Lipinski definition) is 8. The lowest BCUT2D eigenvalue weighted by molar-refractivity contribution is -0.200. The molecule has 0 amide bonds. The molecule has 1 aliphatic heterocycles. The molecule has 11 heteroatoms. The van der Waals surface area contributed by atoms with Gasteiger partial charge in [-0.25, -0.2) is 4.98 Å². The maximum Gasteiger partial charge on any atom is 0.345 e. The van der Waals surface area contributed by atoms with Crippen LogP contribution in [0.2, 0.25) is 0 Å². The molecule has 1 aliphatic rings. The number of benzene rings is 1. The first-order valence-electron chi connectivity index (χ1n) is 10.5. The molecule has 1 atom stereocenters. The van der Waals surface area contributed by atoms with Crippen LogP contribution in [-0.4, -0.2) is 43.0 Å². The summed E-state index contributed by atoms with van der Waals surface area (Å²) in [6.07, 6.45) is 0.202. The number of nitrogen functional groups attached to an aromatic ring is 1. The predicted molar refractivity (Wildman–Crippen MR) is 120 cm³/mol. The molecule has 0 bridgehead atoms. The minimum atomic E-state index is -3.12. The van der Waals surface area contributed by atoms with Crippen molar-refractivity contribution in [2.75, 3.05) is 31.3 Å². The van der Waals surface area contributed by atoms with E-state index in [0.717, 1.165) is 0 Å². The van der Waals surface area contributed by atoms with Crippen LogP contribution in [0.25, 0.3) is 11.1 Å². The van der Waals surface area contributed by atoms with Gasteiger partial charge in [-0.05, 0) is 24.1 Å². The molecule has 1 aromatic heterocycles. The van der Waals surface area contributed by atoms with Gasteiger partial charge in [-0.2, -0.15) is 23.7 Å². The van der Waals surface area contributed by atoms with E-state index in [2.05, 4.69) is 15.8 Å². The van der Waals surface area contributed by atoms with Crippen molar-refractivity contribution in [3.8, 4) is 29.0 Å². The van der Waals surface area contributed by atoms with Gasteiger partial charge in [-0.1, -0.05) is 19.1 Å². The van der Waals surface area contributed by atoms with Crippen LogP contribution < -0.4 is 10.5 Å². The first-order valence-corrected chi connectivity index (χ1v) is 11.5. The van der Waals surface area contributed by atoms with Gasteiger partial charge >= 0.3 is 6.61 Å². The summed E-state index contributed by atoms with van der Waals surface area (Å²) < 4.78 is 54.4. The zero-order valence-electron chi connectivity index (χ0n) is 18.4. The van der Waals surface area contributed by atoms with E-state index in [1.54, 1.807) is 19.1 Å². The van der Waals surface area contributed by atoms with Gasteiger partial charge in [-0.3, -0.25) is 0 Å². The summed E-state index contributed by atoms with van der Waals surface area (Å²) in [7, 11) is 0. The number of rotatable bonds is 11. The van der Waals surface area contributed by atoms with Crippen LogP contribution in [0.4, 0.5) is 19.0 Å². The van der Waals surface area contributed by atoms with Crippen LogP contribution in [0.5, 0.6) is 5.75 Å². The third kappa shape index (κ3) is 6.11. The van der Waals surface area contributed by atoms with Crippen LogP contribution in [-0.2, 0) is 9.47 Å². The molecule has 7 nitrogen and oxygen atoms in total. The average Bonchev–Trinajstić information content (AvgIpc) is 2.77. The van der Waals surface area contributed by atoms with Crippen LogP contribution in [0.1, 0.15) is 30.9 Å². The number of anilines is 1. The Labute approximate surface area is 199 Å². The summed E-state index contributed by atoms with van der Waals surface area (Å²) in [5.41, 5.74) is 7.08. The second-order valence-electron chi connectivity index (χ2n) is 7.70. The number of thioether (sulfide) groups is 1. The maximum absolute atomic E-state index is 15.0. The number of halogens is 3. The van der Waals surface area contributed by atoms with Crippen LogP contribution in [0.15, 0.2) is 29.3 Å². The second kappa shape index (κ2) is 11.4. The summed E-state index contributed by atoms with van der Waals surface area (Å²) in [6.45, 7) is -1.06. The standard InChI is InChI=1S/C23H23F3N4O3S/c1-2-7-23(26,13-32-22(24)25)33-16-5-3-15(4-6-16)19-17(8-27)20(29)30-21(18(19)9-28)34-12-14-10-31-11-14/h3-6,14,22H,2,7,10-13H2,1H3,(H2,29,30). The van der Waals surface area contributed by atoms with Gasteiger partial charge in [0.05, 0.1) is 18.8 Å². The number of nitrogens with zero attached hydrogens (tertiary/aromatic N) is 3. The fourth-order valence-corrected chi connectivity index (χ4v) is 4.42. The highest BCUT2D eigenvalue weighted by Crippen LogP contribution is 2.37. The summed E-state index contributed by atoms with van der Waals surface area (Å²) in [5, 5.41) is 19.9. The second-order valence-corrected chi connectivity index (χ2v) is 8.71. The van der Waals surface area contributed by atoms with Gasteiger partial charge in [0.2, 0.25) is 0 Å². The molecule has 1 saturated heterocycles. The Kier molecular flexibility index (Phi) is 8.61. The minimum absolute atomic E-state index is 0.000875. The number of pyridine rings is 1. The molecular formula is C23H23F3N4O3S. The molecule has 0 aliphatic carbocycles. The molecule has 2 aromatic rings. The SMILES string of the molecule is CCCC(F)(COC(F)F)Oc1ccc(-c2c(C#N)c(N)nc(SCC3COC3)c2C#N)cc1. The molecule has 3 rings (SSSR count). The van der Waals surface area contributed by atoms with Crippen molar-refractivity contribution in [3.63, 3.8) is 0 Å². The third-order valence-electron chi connectivity index (χ3n) is 5.07. The van der Waals surface area contributed by atoms with E-state index in [9.17, 15) is 23.7 Å². The van der Waals surface area contributed by atoms with Crippen molar-refractivity contribution in [1.82, 2.24) is 4.98 Å². The highest BCUT2D eigenvalue weighted by molar-refractivity contribution is 7.99. The first kappa shape index (κ1) is 25.6. The molecule has 1 aromatic carbocycles. The van der Waals surface area contributed by atoms with Gasteiger partial charge < -0.3 is 19.9 Å². The number of hydrogen-bond donors (Lipinski definition) is 1. The van der Waals surface area contributed by atoms with E-state index in [1.807, 2.05) is 6.07 Å². The number of nitriles is 2. The minimum Gasteiger partial charge on any atom is -0.455 e. The number of aromatic nitrogens is 1. The lowest BCUT2D eigenvalue weighted by atomic mass is 9.97. The van der Waals surface area contributed by atoms with Crippen LogP contribution in [0, 0.1) is 28.6 Å². The topological polar surface area (TPSA) is 114 Å². The number of alkyl halides is 3. The summed E-state index contributed by atoms with van der Waals surface area (Å²) >= 11 is 1.37. The Morgan fingerprint density at radius 1 is 1.24 bits per heavy atom. The van der Waals surface area contributed by atoms with E-state index in [4.69, 9.17) is 15.2 Å². The van der Waals surface area contributed by atoms with Gasteiger partial charge in [0.25, 0.3) is 5.85 Å². The fraction of sp³-hybridized carbons (Fsp3) is 0.435. The van der Waals surface area contributed by atoms with Gasteiger partial charge in [0, 0.05) is 23.7 Å². The van der Waals surface area contributed by atoms with Crippen molar-refractivity contribution in [2.45, 2.75) is 37.3 Å². The average molecular weight is 493 g/mol. The molecule has 0 spiro atoms. The Morgan fingerprint density at radius 3 is 2.44 bits per heavy atom. The van der Waals surface area contributed by atoms with Gasteiger partial charge in [0.1, 0.15) is 40.9 Å². The Bertz CT molecular complexity index is 1080. The molecule has 1 unspecified atom stereocenters.